The Morgan fingerprint density at radius 3 is 1.67 bits per heavy atom. The minimum absolute atomic E-state index is 0. The van der Waals surface area contributed by atoms with E-state index in [-0.39, 0.29) is 39.3 Å². The summed E-state index contributed by atoms with van der Waals surface area (Å²) in [4.78, 5) is 0. The summed E-state index contributed by atoms with van der Waals surface area (Å²) >= 11 is 0. The normalized spacial score (nSPS) is 37.6. The first-order chi connectivity index (χ1) is 9.33. The molecule has 1 fully saturated rings. The molecule has 0 heterocycles. The number of hydrogen-bond donors (Lipinski definition) is 0. The predicted octanol–water partition coefficient (Wildman–Crippen LogP) is 4.69. The molecule has 1 rings (SSSR count). The molecule has 108 valence electrons. The van der Waals surface area contributed by atoms with E-state index in [1.54, 1.807) is 35.2 Å². The van der Waals surface area contributed by atoms with E-state index in [9.17, 15) is 0 Å². The maximum absolute atomic E-state index is 7.81. The summed E-state index contributed by atoms with van der Waals surface area (Å²) in [6.07, 6.45) is -1.83. The van der Waals surface area contributed by atoms with Gasteiger partial charge in [0.15, 0.2) is 0 Å². The Kier molecular flexibility index (Phi) is 22.3. The molecule has 0 aromatic heterocycles. The van der Waals surface area contributed by atoms with Gasteiger partial charge in [0, 0.05) is 5.48 Å². The van der Waals surface area contributed by atoms with Crippen LogP contribution in [0.4, 0.5) is 0 Å². The fraction of sp³-hybridized carbons (Fsp3) is 0.923. The topological polar surface area (TPSA) is 42.3 Å². The van der Waals surface area contributed by atoms with Gasteiger partial charge in [-0.3, -0.25) is 0 Å². The van der Waals surface area contributed by atoms with Gasteiger partial charge < -0.3 is 23.4 Å². The van der Waals surface area contributed by atoms with Crippen LogP contribution in [0.2, 0.25) is 0 Å². The monoisotopic (exact) mass is 355 g/mol. The van der Waals surface area contributed by atoms with Crippen molar-refractivity contribution in [2.75, 3.05) is 48.2 Å². The molecule has 5 heteroatoms. The van der Waals surface area contributed by atoms with Crippen LogP contribution in [0, 0.1) is 7.43 Å². The summed E-state index contributed by atoms with van der Waals surface area (Å²) < 4.78 is 30.9. The molecule has 0 aliphatic heterocycles. The Morgan fingerprint density at radius 1 is 1.06 bits per heavy atom. The zero-order valence-corrected chi connectivity index (χ0v) is 16.2. The standard InChI is InChI=1S/C8H17NP.2C2H6N.CH3.Zr/c1-9-7-10(2)8-5-3-4-6-8;2*1-3-2;;/h8H,3-7H2,1-2H3;2*1-2H3;1H3;/q4*-1;+4/i3D,4D,5D,6D;;;;. The number of rotatable bonds is 3. The molecule has 0 aromatic rings. The summed E-state index contributed by atoms with van der Waals surface area (Å²) in [5.74, 6) is 0. The van der Waals surface area contributed by atoms with Gasteiger partial charge in [0.1, 0.15) is 0 Å². The van der Waals surface area contributed by atoms with Crippen LogP contribution >= 0.6 is 7.92 Å². The molecule has 0 amide bonds. The van der Waals surface area contributed by atoms with Gasteiger partial charge in [0.05, 0.1) is 0 Å². The van der Waals surface area contributed by atoms with Crippen LogP contribution in [0.3, 0.4) is 0 Å². The number of nitrogens with zero attached hydrogens (tertiary/aromatic N) is 3. The zero-order chi connectivity index (χ0) is 16.3. The maximum atomic E-state index is 7.81. The van der Waals surface area contributed by atoms with Gasteiger partial charge in [0.25, 0.3) is 0 Å². The Bertz CT molecular complexity index is 217. The Labute approximate surface area is 142 Å². The van der Waals surface area contributed by atoms with Crippen molar-refractivity contribution in [2.45, 2.75) is 31.2 Å². The SMILES string of the molecule is C[N-]C.C[N-]C.[2H]C1C([2H])C([2H])C(P(C)C[N-]C)C1[2H].[CH3-].[Zr+4]. The minimum atomic E-state index is -0.704. The summed E-state index contributed by atoms with van der Waals surface area (Å²) in [5, 5.41) is 11.0. The van der Waals surface area contributed by atoms with E-state index in [1.165, 1.54) is 0 Å². The van der Waals surface area contributed by atoms with Gasteiger partial charge in [-0.05, 0) is 25.1 Å². The molecule has 0 saturated heterocycles. The van der Waals surface area contributed by atoms with Crippen LogP contribution in [0.25, 0.3) is 16.0 Å². The van der Waals surface area contributed by atoms with Crippen molar-refractivity contribution in [1.82, 2.24) is 0 Å². The average molecular weight is 357 g/mol. The molecule has 0 N–H and O–H groups in total. The zero-order valence-electron chi connectivity index (χ0n) is 16.9. The van der Waals surface area contributed by atoms with Crippen LogP contribution in [-0.4, -0.2) is 53.8 Å². The van der Waals surface area contributed by atoms with Crippen LogP contribution in [-0.2, 0) is 26.2 Å². The predicted molar refractivity (Wildman–Crippen MR) is 86.1 cm³/mol. The van der Waals surface area contributed by atoms with Crippen molar-refractivity contribution in [3.63, 3.8) is 0 Å². The second-order valence-corrected chi connectivity index (χ2v) is 5.76. The molecular weight excluding hydrogens is 320 g/mol. The summed E-state index contributed by atoms with van der Waals surface area (Å²) in [6, 6.07) is 0. The van der Waals surface area contributed by atoms with Crippen LogP contribution in [0.15, 0.2) is 0 Å². The van der Waals surface area contributed by atoms with Crippen LogP contribution in [0.5, 0.6) is 0 Å². The van der Waals surface area contributed by atoms with Crippen LogP contribution < -0.4 is 0 Å². The van der Waals surface area contributed by atoms with E-state index in [2.05, 4.69) is 16.0 Å². The molecule has 0 aromatic carbocycles. The molecule has 3 nitrogen and oxygen atoms in total. The first-order valence-corrected chi connectivity index (χ1v) is 7.28. The Hall–Kier alpha value is 1.19. The summed E-state index contributed by atoms with van der Waals surface area (Å²) in [5.41, 5.74) is -0.0984. The first-order valence-electron chi connectivity index (χ1n) is 7.55. The van der Waals surface area contributed by atoms with Gasteiger partial charge in [-0.25, -0.2) is 0 Å². The molecule has 5 atom stereocenters. The first kappa shape index (κ1) is 17.2. The molecule has 1 aliphatic rings. The van der Waals surface area contributed by atoms with Crippen molar-refractivity contribution in [3.8, 4) is 0 Å². The van der Waals surface area contributed by atoms with E-state index in [0.717, 1.165) is 0 Å². The molecule has 18 heavy (non-hydrogen) atoms. The molecule has 1 aliphatic carbocycles. The van der Waals surface area contributed by atoms with Crippen molar-refractivity contribution >= 4 is 7.92 Å². The third-order valence-corrected chi connectivity index (χ3v) is 3.69. The molecule has 0 radical (unpaired) electrons. The van der Waals surface area contributed by atoms with Gasteiger partial charge in [0.2, 0.25) is 0 Å². The minimum Gasteiger partial charge on any atom is -0.668 e. The molecule has 0 spiro atoms. The van der Waals surface area contributed by atoms with Crippen molar-refractivity contribution < 1.29 is 31.7 Å². The third-order valence-electron chi connectivity index (χ3n) is 1.60. The van der Waals surface area contributed by atoms with Crippen molar-refractivity contribution in [1.29, 1.82) is 0 Å². The maximum Gasteiger partial charge on any atom is 4.00 e. The van der Waals surface area contributed by atoms with Gasteiger partial charge in [-0.2, -0.15) is 35.2 Å². The second-order valence-electron chi connectivity index (χ2n) is 3.37. The van der Waals surface area contributed by atoms with Gasteiger partial charge in [-0.1, -0.05) is 12.8 Å². The van der Waals surface area contributed by atoms with Crippen molar-refractivity contribution in [3.05, 3.63) is 23.4 Å². The fourth-order valence-electron chi connectivity index (χ4n) is 1.03. The molecular formula is C13H32N3PZr. The van der Waals surface area contributed by atoms with Crippen LogP contribution in [0.1, 0.15) is 31.1 Å². The van der Waals surface area contributed by atoms with E-state index < -0.39 is 33.5 Å². The van der Waals surface area contributed by atoms with E-state index in [4.69, 9.17) is 5.48 Å². The second kappa shape index (κ2) is 23.3. The Morgan fingerprint density at radius 2 is 1.39 bits per heavy atom. The fourth-order valence-corrected chi connectivity index (χ4v) is 2.45. The summed E-state index contributed by atoms with van der Waals surface area (Å²) in [7, 11) is 8.24. The molecule has 1 saturated carbocycles. The Balaban J connectivity index is -0.000000176. The summed E-state index contributed by atoms with van der Waals surface area (Å²) in [6.45, 7) is 2.03. The smallest absolute Gasteiger partial charge is 0.668 e. The third kappa shape index (κ3) is 19.5. The van der Waals surface area contributed by atoms with Gasteiger partial charge >= 0.3 is 26.2 Å². The largest absolute Gasteiger partial charge is 4.00 e. The molecule has 5 unspecified atom stereocenters. The quantitative estimate of drug-likeness (QED) is 0.520. The van der Waals surface area contributed by atoms with E-state index >= 15 is 0 Å². The van der Waals surface area contributed by atoms with Gasteiger partial charge in [-0.15, -0.1) is 14.2 Å². The van der Waals surface area contributed by atoms with E-state index in [1.807, 2.05) is 6.66 Å². The van der Waals surface area contributed by atoms with Crippen molar-refractivity contribution in [2.24, 2.45) is 0 Å². The number of hydrogen-bond acceptors (Lipinski definition) is 0. The van der Waals surface area contributed by atoms with E-state index in [0.29, 0.717) is 6.29 Å². The molecule has 0 bridgehead atoms. The average Bonchev–Trinajstić information content (AvgIpc) is 2.56.